The number of allylic oxidation sites excluding steroid dienone is 5. The van der Waals surface area contributed by atoms with E-state index in [1.165, 1.54) is 5.56 Å². The molecule has 122 valence electrons. The largest absolute Gasteiger partial charge is 1.00 e. The SMILES string of the molecule is CC1=Cc2ccccc2[CH]1[Zr+2][C]1(C)C(C)=C(C)C(C)=C1C.[Cl-].[Cl-]. The number of benzene rings is 1. The molecule has 1 atom stereocenters. The van der Waals surface area contributed by atoms with Crippen molar-refractivity contribution in [3.63, 3.8) is 0 Å². The van der Waals surface area contributed by atoms with Gasteiger partial charge >= 0.3 is 141 Å². The third-order valence-corrected chi connectivity index (χ3v) is 11.6. The molecule has 0 saturated heterocycles. The zero-order valence-electron chi connectivity index (χ0n) is 14.7. The van der Waals surface area contributed by atoms with Crippen molar-refractivity contribution in [3.8, 4) is 0 Å². The molecule has 0 aliphatic heterocycles. The van der Waals surface area contributed by atoms with E-state index >= 15 is 0 Å². The maximum absolute atomic E-state index is 2.51. The van der Waals surface area contributed by atoms with Gasteiger partial charge in [0.25, 0.3) is 0 Å². The summed E-state index contributed by atoms with van der Waals surface area (Å²) in [6.07, 6.45) is 2.41. The first-order valence-electron chi connectivity index (χ1n) is 7.77. The van der Waals surface area contributed by atoms with Crippen molar-refractivity contribution in [2.24, 2.45) is 0 Å². The van der Waals surface area contributed by atoms with Crippen LogP contribution >= 0.6 is 0 Å². The third kappa shape index (κ3) is 3.22. The molecular formula is C20H24Cl2Zr. The predicted octanol–water partition coefficient (Wildman–Crippen LogP) is 0.100. The van der Waals surface area contributed by atoms with Gasteiger partial charge in [-0.2, -0.15) is 0 Å². The van der Waals surface area contributed by atoms with Gasteiger partial charge in [0.1, 0.15) is 0 Å². The van der Waals surface area contributed by atoms with Gasteiger partial charge in [-0.25, -0.2) is 0 Å². The normalized spacial score (nSPS) is 21.3. The van der Waals surface area contributed by atoms with E-state index in [4.69, 9.17) is 0 Å². The quantitative estimate of drug-likeness (QED) is 0.630. The Morgan fingerprint density at radius 2 is 1.39 bits per heavy atom. The average Bonchev–Trinajstić information content (AvgIpc) is 2.85. The molecule has 1 unspecified atom stereocenters. The van der Waals surface area contributed by atoms with Gasteiger partial charge in [0.15, 0.2) is 0 Å². The summed E-state index contributed by atoms with van der Waals surface area (Å²) in [5.41, 5.74) is 11.0. The van der Waals surface area contributed by atoms with Crippen molar-refractivity contribution < 1.29 is 48.0 Å². The van der Waals surface area contributed by atoms with Gasteiger partial charge in [-0.15, -0.1) is 0 Å². The van der Waals surface area contributed by atoms with Gasteiger partial charge in [-0.3, -0.25) is 0 Å². The molecule has 0 amide bonds. The van der Waals surface area contributed by atoms with Crippen LogP contribution < -0.4 is 24.8 Å². The summed E-state index contributed by atoms with van der Waals surface area (Å²) in [5, 5.41) is 0. The number of rotatable bonds is 2. The van der Waals surface area contributed by atoms with E-state index in [-0.39, 0.29) is 24.8 Å². The van der Waals surface area contributed by atoms with Gasteiger partial charge in [-0.1, -0.05) is 0 Å². The van der Waals surface area contributed by atoms with Crippen LogP contribution in [-0.2, 0) is 23.2 Å². The molecule has 0 N–H and O–H groups in total. The molecule has 0 nitrogen and oxygen atoms in total. The fourth-order valence-electron chi connectivity index (χ4n) is 3.77. The van der Waals surface area contributed by atoms with E-state index in [2.05, 4.69) is 71.9 Å². The molecule has 0 heterocycles. The van der Waals surface area contributed by atoms with Crippen LogP contribution in [0.25, 0.3) is 6.08 Å². The molecule has 2 aliphatic rings. The fourth-order valence-corrected chi connectivity index (χ4v) is 8.97. The predicted molar refractivity (Wildman–Crippen MR) is 87.9 cm³/mol. The Hall–Kier alpha value is -0.0969. The van der Waals surface area contributed by atoms with Gasteiger partial charge in [-0.05, 0) is 0 Å². The summed E-state index contributed by atoms with van der Waals surface area (Å²) in [6, 6.07) is 9.00. The standard InChI is InChI=1S/C10H9.C10H15.2ClH.Zr/c1-8-6-9-4-2-3-5-10(9)7-8;1-6-7(2)9(4)10(5)8(6)3;;;/h2-7H,1H3;1-5H3;2*1H;/q;;;;+2/p-2. The molecule has 2 aliphatic carbocycles. The van der Waals surface area contributed by atoms with E-state index in [1.54, 1.807) is 33.4 Å². The molecule has 23 heavy (non-hydrogen) atoms. The van der Waals surface area contributed by atoms with E-state index in [1.807, 2.05) is 0 Å². The summed E-state index contributed by atoms with van der Waals surface area (Å²) in [4.78, 5) is 0. The van der Waals surface area contributed by atoms with Crippen LogP contribution in [0.2, 0.25) is 3.12 Å². The van der Waals surface area contributed by atoms with E-state index in [0.717, 1.165) is 3.63 Å². The first kappa shape index (κ1) is 20.9. The van der Waals surface area contributed by atoms with Crippen molar-refractivity contribution in [3.05, 3.63) is 63.3 Å². The molecule has 0 aromatic heterocycles. The maximum Gasteiger partial charge on any atom is -1.00 e. The van der Waals surface area contributed by atoms with Gasteiger partial charge in [0.05, 0.1) is 0 Å². The second-order valence-corrected chi connectivity index (χ2v) is 11.3. The first-order valence-corrected chi connectivity index (χ1v) is 10.4. The Balaban J connectivity index is 0.00000132. The minimum Gasteiger partial charge on any atom is -1.00 e. The topological polar surface area (TPSA) is 0 Å². The van der Waals surface area contributed by atoms with Crippen molar-refractivity contribution in [2.75, 3.05) is 0 Å². The molecule has 0 radical (unpaired) electrons. The van der Waals surface area contributed by atoms with Crippen LogP contribution in [0.3, 0.4) is 0 Å². The summed E-state index contributed by atoms with van der Waals surface area (Å²) < 4.78 is 1.12. The average molecular weight is 427 g/mol. The Morgan fingerprint density at radius 3 is 1.96 bits per heavy atom. The van der Waals surface area contributed by atoms with Crippen LogP contribution in [0.4, 0.5) is 0 Å². The van der Waals surface area contributed by atoms with Crippen LogP contribution in [0.5, 0.6) is 0 Å². The molecular weight excluding hydrogens is 402 g/mol. The van der Waals surface area contributed by atoms with E-state index in [9.17, 15) is 0 Å². The van der Waals surface area contributed by atoms with Gasteiger partial charge in [0, 0.05) is 0 Å². The van der Waals surface area contributed by atoms with Gasteiger partial charge < -0.3 is 24.8 Å². The van der Waals surface area contributed by atoms with Crippen LogP contribution in [0, 0.1) is 0 Å². The number of fused-ring (bicyclic) bond motifs is 1. The minimum absolute atomic E-state index is 0. The van der Waals surface area contributed by atoms with Crippen molar-refractivity contribution in [1.29, 1.82) is 0 Å². The van der Waals surface area contributed by atoms with Crippen LogP contribution in [0.1, 0.15) is 56.3 Å². The van der Waals surface area contributed by atoms with Crippen LogP contribution in [-0.4, -0.2) is 0 Å². The van der Waals surface area contributed by atoms with Crippen molar-refractivity contribution >= 4 is 6.08 Å². The smallest absolute Gasteiger partial charge is 1.00 e. The molecule has 0 fully saturated rings. The Bertz CT molecular complexity index is 686. The molecule has 0 spiro atoms. The number of halogens is 2. The molecule has 0 bridgehead atoms. The summed E-state index contributed by atoms with van der Waals surface area (Å²) in [6.45, 7) is 14.2. The first-order chi connectivity index (χ1) is 9.86. The van der Waals surface area contributed by atoms with Crippen molar-refractivity contribution in [2.45, 2.75) is 48.3 Å². The minimum atomic E-state index is -0.672. The second-order valence-electron chi connectivity index (χ2n) is 6.72. The number of hydrogen-bond acceptors (Lipinski definition) is 0. The molecule has 0 saturated carbocycles. The zero-order valence-corrected chi connectivity index (χ0v) is 18.7. The van der Waals surface area contributed by atoms with Gasteiger partial charge in [0.2, 0.25) is 0 Å². The Morgan fingerprint density at radius 1 is 0.870 bits per heavy atom. The monoisotopic (exact) mass is 424 g/mol. The molecule has 3 rings (SSSR count). The van der Waals surface area contributed by atoms with E-state index < -0.39 is 23.2 Å². The van der Waals surface area contributed by atoms with Crippen LogP contribution in [0.15, 0.2) is 52.1 Å². The summed E-state index contributed by atoms with van der Waals surface area (Å²) in [7, 11) is 0. The second kappa shape index (κ2) is 7.42. The van der Waals surface area contributed by atoms with Crippen molar-refractivity contribution in [1.82, 2.24) is 0 Å². The molecule has 1 aromatic carbocycles. The zero-order chi connectivity index (χ0) is 15.4. The fraction of sp³-hybridized carbons (Fsp3) is 0.400. The summed E-state index contributed by atoms with van der Waals surface area (Å²) >= 11 is -0.672. The Kier molecular flexibility index (Phi) is 6.76. The molecule has 3 heteroatoms. The summed E-state index contributed by atoms with van der Waals surface area (Å²) in [5.74, 6) is 0. The molecule has 1 aromatic rings. The number of hydrogen-bond donors (Lipinski definition) is 0. The maximum atomic E-state index is 2.51. The van der Waals surface area contributed by atoms with E-state index in [0.29, 0.717) is 3.12 Å². The third-order valence-electron chi connectivity index (χ3n) is 5.77. The Labute approximate surface area is 164 Å².